The van der Waals surface area contributed by atoms with E-state index in [4.69, 9.17) is 4.74 Å². The lowest BCUT2D eigenvalue weighted by Crippen LogP contribution is -2.54. The number of aliphatic hydroxyl groups excluding tert-OH is 1. The molecule has 1 N–H and O–H groups in total. The number of aliphatic hydroxyl groups is 1. The monoisotopic (exact) mass is 362 g/mol. The van der Waals surface area contributed by atoms with E-state index in [0.29, 0.717) is 0 Å². The van der Waals surface area contributed by atoms with Gasteiger partial charge < -0.3 is 9.84 Å². The summed E-state index contributed by atoms with van der Waals surface area (Å²) in [6.07, 6.45) is -16.9. The third-order valence-electron chi connectivity index (χ3n) is 3.20. The van der Waals surface area contributed by atoms with E-state index >= 15 is 0 Å². The van der Waals surface area contributed by atoms with Gasteiger partial charge in [-0.1, -0.05) is 26.0 Å². The molecule has 138 valence electrons. The molecule has 0 aliphatic rings. The Balaban J connectivity index is 3.01. The standard InChI is InChI=1S/C15H17F7O2/c1-9(2)8-24-11-5-3-4-10(6-11)12(23)7-13(16,14(17,18)19)15(20,21)22/h3-6,9,12,23H,7-8H2,1-2H3. The molecule has 1 atom stereocenters. The van der Waals surface area contributed by atoms with Crippen LogP contribution in [0.2, 0.25) is 0 Å². The predicted molar refractivity (Wildman–Crippen MR) is 72.3 cm³/mol. The van der Waals surface area contributed by atoms with Crippen molar-refractivity contribution in [2.45, 2.75) is 44.4 Å². The molecule has 9 heteroatoms. The summed E-state index contributed by atoms with van der Waals surface area (Å²) in [5.41, 5.74) is -5.81. The fourth-order valence-electron chi connectivity index (χ4n) is 1.85. The summed E-state index contributed by atoms with van der Waals surface area (Å²) in [6.45, 7) is 3.93. The van der Waals surface area contributed by atoms with Crippen LogP contribution in [0.1, 0.15) is 31.9 Å². The Bertz CT molecular complexity index is 523. The van der Waals surface area contributed by atoms with E-state index in [0.717, 1.165) is 12.1 Å². The smallest absolute Gasteiger partial charge is 0.431 e. The third kappa shape index (κ3) is 4.75. The maximum Gasteiger partial charge on any atom is 0.431 e. The van der Waals surface area contributed by atoms with Crippen molar-refractivity contribution in [2.75, 3.05) is 6.61 Å². The van der Waals surface area contributed by atoms with Gasteiger partial charge in [-0.05, 0) is 23.6 Å². The van der Waals surface area contributed by atoms with E-state index in [9.17, 15) is 35.8 Å². The molecule has 1 unspecified atom stereocenters. The number of benzene rings is 1. The van der Waals surface area contributed by atoms with Crippen LogP contribution in [-0.2, 0) is 0 Å². The summed E-state index contributed by atoms with van der Waals surface area (Å²) >= 11 is 0. The third-order valence-corrected chi connectivity index (χ3v) is 3.20. The van der Waals surface area contributed by atoms with Crippen molar-refractivity contribution in [3.8, 4) is 5.75 Å². The molecule has 0 radical (unpaired) electrons. The summed E-state index contributed by atoms with van der Waals surface area (Å²) in [4.78, 5) is 0. The minimum atomic E-state index is -6.20. The zero-order valence-corrected chi connectivity index (χ0v) is 12.9. The fourth-order valence-corrected chi connectivity index (χ4v) is 1.85. The molecule has 0 aliphatic heterocycles. The van der Waals surface area contributed by atoms with Crippen LogP contribution in [0.25, 0.3) is 0 Å². The molecule has 0 aliphatic carbocycles. The summed E-state index contributed by atoms with van der Waals surface area (Å²) in [6, 6.07) is 4.89. The first-order chi connectivity index (χ1) is 10.8. The molecule has 0 saturated carbocycles. The molecule has 0 fully saturated rings. The average molecular weight is 362 g/mol. The summed E-state index contributed by atoms with van der Waals surface area (Å²) in [7, 11) is 0. The molecule has 2 nitrogen and oxygen atoms in total. The summed E-state index contributed by atoms with van der Waals surface area (Å²) in [5.74, 6) is 0.288. The second-order valence-electron chi connectivity index (χ2n) is 5.79. The Morgan fingerprint density at radius 1 is 1.00 bits per heavy atom. The summed E-state index contributed by atoms with van der Waals surface area (Å²) < 4.78 is 94.1. The number of rotatable bonds is 6. The van der Waals surface area contributed by atoms with Gasteiger partial charge in [0.05, 0.1) is 12.7 Å². The zero-order chi connectivity index (χ0) is 18.8. The van der Waals surface area contributed by atoms with Crippen LogP contribution in [0.4, 0.5) is 30.7 Å². The number of alkyl halides is 7. The van der Waals surface area contributed by atoms with E-state index in [1.54, 1.807) is 0 Å². The van der Waals surface area contributed by atoms with Crippen molar-refractivity contribution in [3.63, 3.8) is 0 Å². The quantitative estimate of drug-likeness (QED) is 0.724. The topological polar surface area (TPSA) is 29.5 Å². The van der Waals surface area contributed by atoms with E-state index in [-0.39, 0.29) is 23.8 Å². The minimum absolute atomic E-state index is 0.132. The highest BCUT2D eigenvalue weighted by molar-refractivity contribution is 5.30. The first kappa shape index (κ1) is 20.5. The Morgan fingerprint density at radius 3 is 2.00 bits per heavy atom. The molecule has 0 amide bonds. The van der Waals surface area contributed by atoms with Gasteiger partial charge in [0, 0.05) is 6.42 Å². The molecule has 0 saturated heterocycles. The SMILES string of the molecule is CC(C)COc1cccc(C(O)CC(F)(C(F)(F)F)C(F)(F)F)c1. The molecule has 24 heavy (non-hydrogen) atoms. The van der Waals surface area contributed by atoms with E-state index in [1.807, 2.05) is 13.8 Å². The molecular formula is C15H17F7O2. The van der Waals surface area contributed by atoms with E-state index in [1.165, 1.54) is 12.1 Å². The van der Waals surface area contributed by atoms with Gasteiger partial charge in [0.25, 0.3) is 0 Å². The normalized spacial score (nSPS) is 14.8. The first-order valence-corrected chi connectivity index (χ1v) is 7.01. The zero-order valence-electron chi connectivity index (χ0n) is 12.9. The van der Waals surface area contributed by atoms with Crippen molar-refractivity contribution in [1.82, 2.24) is 0 Å². The number of hydrogen-bond donors (Lipinski definition) is 1. The maximum atomic E-state index is 13.7. The molecule has 0 spiro atoms. The van der Waals surface area contributed by atoms with Crippen molar-refractivity contribution in [1.29, 1.82) is 0 Å². The van der Waals surface area contributed by atoms with Crippen LogP contribution >= 0.6 is 0 Å². The first-order valence-electron chi connectivity index (χ1n) is 7.01. The van der Waals surface area contributed by atoms with Gasteiger partial charge in [-0.15, -0.1) is 0 Å². The van der Waals surface area contributed by atoms with Gasteiger partial charge in [0.15, 0.2) is 0 Å². The number of ether oxygens (including phenoxy) is 1. The molecule has 0 bridgehead atoms. The van der Waals surface area contributed by atoms with Crippen molar-refractivity contribution in [2.24, 2.45) is 5.92 Å². The molecule has 0 heterocycles. The second-order valence-corrected chi connectivity index (χ2v) is 5.79. The van der Waals surface area contributed by atoms with Gasteiger partial charge in [-0.3, -0.25) is 0 Å². The number of hydrogen-bond acceptors (Lipinski definition) is 2. The lowest BCUT2D eigenvalue weighted by atomic mass is 9.93. The highest BCUT2D eigenvalue weighted by Crippen LogP contribution is 2.50. The molecule has 1 aromatic carbocycles. The van der Waals surface area contributed by atoms with Crippen LogP contribution in [0.5, 0.6) is 5.75 Å². The van der Waals surface area contributed by atoms with Crippen LogP contribution < -0.4 is 4.74 Å². The minimum Gasteiger partial charge on any atom is -0.493 e. The predicted octanol–water partition coefficient (Wildman–Crippen LogP) is 4.98. The molecule has 1 aromatic rings. The lowest BCUT2D eigenvalue weighted by molar-refractivity contribution is -0.347. The lowest BCUT2D eigenvalue weighted by Gasteiger charge is -2.31. The van der Waals surface area contributed by atoms with Gasteiger partial charge in [0.1, 0.15) is 5.75 Å². The Hall–Kier alpha value is -1.51. The van der Waals surface area contributed by atoms with Gasteiger partial charge in [-0.25, -0.2) is 4.39 Å². The van der Waals surface area contributed by atoms with Crippen LogP contribution in [0.15, 0.2) is 24.3 Å². The van der Waals surface area contributed by atoms with Crippen LogP contribution in [0.3, 0.4) is 0 Å². The maximum absolute atomic E-state index is 13.7. The van der Waals surface area contributed by atoms with Gasteiger partial charge >= 0.3 is 18.0 Å². The van der Waals surface area contributed by atoms with Gasteiger partial charge in [0.2, 0.25) is 0 Å². The molecule has 0 aromatic heterocycles. The highest BCUT2D eigenvalue weighted by atomic mass is 19.4. The van der Waals surface area contributed by atoms with E-state index < -0.39 is 30.5 Å². The largest absolute Gasteiger partial charge is 0.493 e. The van der Waals surface area contributed by atoms with Crippen molar-refractivity contribution < 1.29 is 40.6 Å². The van der Waals surface area contributed by atoms with Crippen molar-refractivity contribution in [3.05, 3.63) is 29.8 Å². The fraction of sp³-hybridized carbons (Fsp3) is 0.600. The van der Waals surface area contributed by atoms with Gasteiger partial charge in [-0.2, -0.15) is 26.3 Å². The Labute approximate surface area is 134 Å². The average Bonchev–Trinajstić information content (AvgIpc) is 2.43. The molecule has 1 rings (SSSR count). The number of halogens is 7. The van der Waals surface area contributed by atoms with E-state index in [2.05, 4.69) is 0 Å². The second kappa shape index (κ2) is 7.16. The Morgan fingerprint density at radius 2 is 1.54 bits per heavy atom. The Kier molecular flexibility index (Phi) is 6.13. The van der Waals surface area contributed by atoms with Crippen LogP contribution in [-0.4, -0.2) is 29.7 Å². The summed E-state index contributed by atoms with van der Waals surface area (Å²) in [5, 5.41) is 9.69. The van der Waals surface area contributed by atoms with Crippen LogP contribution in [0, 0.1) is 5.92 Å². The molecular weight excluding hydrogens is 345 g/mol. The van der Waals surface area contributed by atoms with Crippen molar-refractivity contribution >= 4 is 0 Å². The highest BCUT2D eigenvalue weighted by Gasteiger charge is 2.72.